The van der Waals surface area contributed by atoms with Crippen LogP contribution in [-0.2, 0) is 10.2 Å². The topological polar surface area (TPSA) is 29.1 Å². The van der Waals surface area contributed by atoms with Crippen LogP contribution < -0.4 is 5.32 Å². The summed E-state index contributed by atoms with van der Waals surface area (Å²) in [4.78, 5) is 11.4. The first-order valence-corrected chi connectivity index (χ1v) is 5.67. The van der Waals surface area contributed by atoms with Gasteiger partial charge in [0.25, 0.3) is 0 Å². The highest BCUT2D eigenvalue weighted by Crippen LogP contribution is 2.45. The molecular weight excluding hydrogens is 217 g/mol. The Morgan fingerprint density at radius 2 is 2.18 bits per heavy atom. The highest BCUT2D eigenvalue weighted by Gasteiger charge is 2.33. The molecule has 0 aliphatic heterocycles. The van der Waals surface area contributed by atoms with Crippen molar-refractivity contribution < 1.29 is 9.18 Å². The number of allylic oxidation sites excluding steroid dienone is 1. The summed E-state index contributed by atoms with van der Waals surface area (Å²) < 4.78 is 13.3. The third-order valence-electron chi connectivity index (χ3n) is 3.24. The molecule has 0 atom stereocenters. The standard InChI is InChI=1S/C14H16FNO/c1-14(2)8-9(6-13(17)16-3)11-7-10(15)4-5-12(11)14/h4-7H,8H2,1-3H3,(H,16,17). The van der Waals surface area contributed by atoms with Crippen molar-refractivity contribution in [2.24, 2.45) is 0 Å². The lowest BCUT2D eigenvalue weighted by Crippen LogP contribution is -2.15. The summed E-state index contributed by atoms with van der Waals surface area (Å²) in [6.45, 7) is 4.21. The van der Waals surface area contributed by atoms with E-state index < -0.39 is 0 Å². The molecule has 0 radical (unpaired) electrons. The van der Waals surface area contributed by atoms with Crippen molar-refractivity contribution in [1.29, 1.82) is 0 Å². The minimum atomic E-state index is -0.260. The smallest absolute Gasteiger partial charge is 0.244 e. The van der Waals surface area contributed by atoms with E-state index in [4.69, 9.17) is 0 Å². The van der Waals surface area contributed by atoms with Gasteiger partial charge in [-0.25, -0.2) is 4.39 Å². The Morgan fingerprint density at radius 3 is 2.82 bits per heavy atom. The average Bonchev–Trinajstić information content (AvgIpc) is 2.50. The van der Waals surface area contributed by atoms with Gasteiger partial charge in [-0.05, 0) is 40.7 Å². The number of hydrogen-bond donors (Lipinski definition) is 1. The first-order chi connectivity index (χ1) is 7.94. The van der Waals surface area contributed by atoms with Crippen LogP contribution in [0.1, 0.15) is 31.4 Å². The fraction of sp³-hybridized carbons (Fsp3) is 0.357. The second-order valence-electron chi connectivity index (χ2n) is 5.03. The van der Waals surface area contributed by atoms with Crippen LogP contribution in [0, 0.1) is 5.82 Å². The van der Waals surface area contributed by atoms with E-state index in [1.165, 1.54) is 12.1 Å². The Kier molecular flexibility index (Phi) is 2.77. The third-order valence-corrected chi connectivity index (χ3v) is 3.24. The summed E-state index contributed by atoms with van der Waals surface area (Å²) in [5.41, 5.74) is 2.83. The molecule has 1 aliphatic rings. The molecule has 0 unspecified atom stereocenters. The maximum absolute atomic E-state index is 13.3. The van der Waals surface area contributed by atoms with Gasteiger partial charge in [-0.3, -0.25) is 4.79 Å². The first kappa shape index (κ1) is 11.8. The Bertz CT molecular complexity index is 503. The molecule has 0 saturated carbocycles. The van der Waals surface area contributed by atoms with Crippen LogP contribution in [0.5, 0.6) is 0 Å². The second kappa shape index (κ2) is 3.99. The zero-order valence-corrected chi connectivity index (χ0v) is 10.3. The summed E-state index contributed by atoms with van der Waals surface area (Å²) in [5, 5.41) is 2.56. The summed E-state index contributed by atoms with van der Waals surface area (Å²) in [5.74, 6) is -0.405. The second-order valence-corrected chi connectivity index (χ2v) is 5.03. The monoisotopic (exact) mass is 233 g/mol. The van der Waals surface area contributed by atoms with Crippen LogP contribution in [0.15, 0.2) is 24.3 Å². The van der Waals surface area contributed by atoms with Crippen molar-refractivity contribution in [3.63, 3.8) is 0 Å². The Labute approximate surface area is 101 Å². The van der Waals surface area contributed by atoms with Gasteiger partial charge in [-0.15, -0.1) is 0 Å². The van der Waals surface area contributed by atoms with Crippen molar-refractivity contribution in [2.45, 2.75) is 25.7 Å². The molecule has 2 rings (SSSR count). The zero-order chi connectivity index (χ0) is 12.6. The molecule has 3 heteroatoms. The molecule has 2 nitrogen and oxygen atoms in total. The molecule has 1 aliphatic carbocycles. The van der Waals surface area contributed by atoms with Gasteiger partial charge in [0, 0.05) is 13.1 Å². The van der Waals surface area contributed by atoms with Gasteiger partial charge < -0.3 is 5.32 Å². The van der Waals surface area contributed by atoms with Crippen molar-refractivity contribution in [1.82, 2.24) is 5.32 Å². The van der Waals surface area contributed by atoms with Gasteiger partial charge in [0.15, 0.2) is 0 Å². The highest BCUT2D eigenvalue weighted by atomic mass is 19.1. The summed E-state index contributed by atoms with van der Waals surface area (Å²) >= 11 is 0. The fourth-order valence-corrected chi connectivity index (χ4v) is 2.40. The molecule has 90 valence electrons. The predicted octanol–water partition coefficient (Wildman–Crippen LogP) is 2.64. The van der Waals surface area contributed by atoms with E-state index in [0.717, 1.165) is 23.1 Å². The minimum absolute atomic E-state index is 0.0388. The normalized spacial score (nSPS) is 19.2. The third kappa shape index (κ3) is 2.09. The van der Waals surface area contributed by atoms with E-state index in [2.05, 4.69) is 19.2 Å². The van der Waals surface area contributed by atoms with Crippen LogP contribution in [0.4, 0.5) is 4.39 Å². The summed E-state index contributed by atoms with van der Waals surface area (Å²) in [7, 11) is 1.59. The Balaban J connectivity index is 2.53. The first-order valence-electron chi connectivity index (χ1n) is 5.67. The van der Waals surface area contributed by atoms with E-state index in [9.17, 15) is 9.18 Å². The highest BCUT2D eigenvalue weighted by molar-refractivity contribution is 5.96. The van der Waals surface area contributed by atoms with Gasteiger partial charge in [0.05, 0.1) is 0 Å². The molecule has 0 spiro atoms. The Morgan fingerprint density at radius 1 is 1.47 bits per heavy atom. The average molecular weight is 233 g/mol. The molecule has 1 amide bonds. The Hall–Kier alpha value is -1.64. The minimum Gasteiger partial charge on any atom is -0.356 e. The number of fused-ring (bicyclic) bond motifs is 1. The van der Waals surface area contributed by atoms with Crippen molar-refractivity contribution >= 4 is 11.5 Å². The molecule has 17 heavy (non-hydrogen) atoms. The molecule has 1 aromatic rings. The van der Waals surface area contributed by atoms with Gasteiger partial charge in [0.2, 0.25) is 5.91 Å². The number of nitrogens with one attached hydrogen (secondary N) is 1. The lowest BCUT2D eigenvalue weighted by Gasteiger charge is -2.17. The van der Waals surface area contributed by atoms with E-state index in [0.29, 0.717) is 0 Å². The molecular formula is C14H16FNO. The molecule has 0 bridgehead atoms. The number of hydrogen-bond acceptors (Lipinski definition) is 1. The molecule has 0 heterocycles. The van der Waals surface area contributed by atoms with Gasteiger partial charge in [-0.2, -0.15) is 0 Å². The van der Waals surface area contributed by atoms with E-state index >= 15 is 0 Å². The van der Waals surface area contributed by atoms with Gasteiger partial charge in [0.1, 0.15) is 5.82 Å². The number of likely N-dealkylation sites (N-methyl/N-ethyl adjacent to an activating group) is 1. The van der Waals surface area contributed by atoms with Crippen molar-refractivity contribution in [3.05, 3.63) is 41.2 Å². The molecule has 0 saturated heterocycles. The van der Waals surface area contributed by atoms with Crippen LogP contribution >= 0.6 is 0 Å². The maximum atomic E-state index is 13.3. The molecule has 1 aromatic carbocycles. The van der Waals surface area contributed by atoms with Crippen molar-refractivity contribution in [3.8, 4) is 0 Å². The SMILES string of the molecule is CNC(=O)C=C1CC(C)(C)c2ccc(F)cc21. The summed E-state index contributed by atoms with van der Waals surface area (Å²) in [6, 6.07) is 4.80. The van der Waals surface area contributed by atoms with E-state index in [1.54, 1.807) is 13.1 Å². The zero-order valence-electron chi connectivity index (χ0n) is 10.3. The predicted molar refractivity (Wildman–Crippen MR) is 66.1 cm³/mol. The maximum Gasteiger partial charge on any atom is 0.244 e. The largest absolute Gasteiger partial charge is 0.356 e. The van der Waals surface area contributed by atoms with Crippen LogP contribution in [0.2, 0.25) is 0 Å². The van der Waals surface area contributed by atoms with E-state index in [1.807, 2.05) is 6.07 Å². The number of carbonyl (C=O) groups excluding carboxylic acids is 1. The molecule has 0 aromatic heterocycles. The lowest BCUT2D eigenvalue weighted by molar-refractivity contribution is -0.116. The number of rotatable bonds is 1. The van der Waals surface area contributed by atoms with Gasteiger partial charge in [-0.1, -0.05) is 19.9 Å². The van der Waals surface area contributed by atoms with Crippen LogP contribution in [0.3, 0.4) is 0 Å². The van der Waals surface area contributed by atoms with Gasteiger partial charge >= 0.3 is 0 Å². The number of benzene rings is 1. The van der Waals surface area contributed by atoms with Crippen LogP contribution in [0.25, 0.3) is 5.57 Å². The molecule has 0 fully saturated rings. The molecule has 1 N–H and O–H groups in total. The number of halogens is 1. The van der Waals surface area contributed by atoms with E-state index in [-0.39, 0.29) is 17.1 Å². The number of amides is 1. The lowest BCUT2D eigenvalue weighted by atomic mass is 9.86. The quantitative estimate of drug-likeness (QED) is 0.742. The van der Waals surface area contributed by atoms with Crippen LogP contribution in [-0.4, -0.2) is 13.0 Å². The van der Waals surface area contributed by atoms with Crippen molar-refractivity contribution in [2.75, 3.05) is 7.05 Å². The fourth-order valence-electron chi connectivity index (χ4n) is 2.40. The summed E-state index contributed by atoms with van der Waals surface area (Å²) in [6.07, 6.45) is 2.33. The number of carbonyl (C=O) groups is 1.